The molecule has 2 aromatic rings. The number of hydrogen-bond donors (Lipinski definition) is 0. The van der Waals surface area contributed by atoms with Crippen molar-refractivity contribution < 1.29 is 0 Å². The number of fused-ring (bicyclic) bond motifs is 1. The van der Waals surface area contributed by atoms with Crippen molar-refractivity contribution in [3.8, 4) is 0 Å². The molecule has 1 aromatic carbocycles. The smallest absolute Gasteiger partial charge is 0.0561 e. The third-order valence-electron chi connectivity index (χ3n) is 1.32. The quantitative estimate of drug-likeness (QED) is 0.656. The molecule has 0 aliphatic carbocycles. The van der Waals surface area contributed by atoms with Gasteiger partial charge in [0.25, 0.3) is 0 Å². The predicted molar refractivity (Wildman–Crippen MR) is 47.3 cm³/mol. The number of halogens is 1. The lowest BCUT2D eigenvalue weighted by Gasteiger charge is -1.87. The highest BCUT2D eigenvalue weighted by atomic mass is 79.9. The molecule has 0 bridgehead atoms. The van der Waals surface area contributed by atoms with Crippen LogP contribution in [0.25, 0.3) is 10.1 Å². The Hall–Kier alpha value is -0.410. The summed E-state index contributed by atoms with van der Waals surface area (Å²) in [5.74, 6) is 0. The van der Waals surface area contributed by atoms with Gasteiger partial charge in [-0.05, 0) is 23.7 Å². The average molecular weight is 214 g/mol. The largest absolute Gasteiger partial charge is 0.200 e. The van der Waals surface area contributed by atoms with Gasteiger partial charge in [-0.3, -0.25) is 0 Å². The van der Waals surface area contributed by atoms with Crippen LogP contribution in [0, 0.1) is 0 Å². The highest BCUT2D eigenvalue weighted by molar-refractivity contribution is 9.10. The van der Waals surface area contributed by atoms with Crippen LogP contribution in [0.15, 0.2) is 28.9 Å². The maximum atomic E-state index is 4.06. The van der Waals surface area contributed by atoms with E-state index in [1.54, 1.807) is 0 Å². The SMILES string of the molecule is Brc1ccc2cnsc2c1. The summed E-state index contributed by atoms with van der Waals surface area (Å²) in [5, 5.41) is 1.22. The van der Waals surface area contributed by atoms with Gasteiger partial charge in [-0.15, -0.1) is 0 Å². The van der Waals surface area contributed by atoms with E-state index in [2.05, 4.69) is 32.4 Å². The topological polar surface area (TPSA) is 12.9 Å². The molecule has 0 N–H and O–H groups in total. The van der Waals surface area contributed by atoms with Crippen LogP contribution in [0.4, 0.5) is 0 Å². The summed E-state index contributed by atoms with van der Waals surface area (Å²) in [7, 11) is 0. The highest BCUT2D eigenvalue weighted by Crippen LogP contribution is 2.21. The van der Waals surface area contributed by atoms with Crippen LogP contribution in [0.2, 0.25) is 0 Å². The number of hydrogen-bond acceptors (Lipinski definition) is 2. The highest BCUT2D eigenvalue weighted by Gasteiger charge is 1.94. The molecule has 10 heavy (non-hydrogen) atoms. The Bertz CT molecular complexity index is 355. The second-order valence-corrected chi connectivity index (χ2v) is 3.76. The molecule has 50 valence electrons. The third-order valence-corrected chi connectivity index (χ3v) is 2.57. The second-order valence-electron chi connectivity index (χ2n) is 2.01. The van der Waals surface area contributed by atoms with E-state index in [9.17, 15) is 0 Å². The van der Waals surface area contributed by atoms with Crippen LogP contribution in [0.5, 0.6) is 0 Å². The first kappa shape index (κ1) is 6.31. The minimum atomic E-state index is 1.12. The first-order chi connectivity index (χ1) is 4.86. The van der Waals surface area contributed by atoms with Gasteiger partial charge in [0.05, 0.1) is 4.70 Å². The van der Waals surface area contributed by atoms with Crippen LogP contribution in [0.1, 0.15) is 0 Å². The van der Waals surface area contributed by atoms with Crippen molar-refractivity contribution in [2.24, 2.45) is 0 Å². The van der Waals surface area contributed by atoms with Crippen LogP contribution in [-0.4, -0.2) is 4.37 Å². The monoisotopic (exact) mass is 213 g/mol. The summed E-state index contributed by atoms with van der Waals surface area (Å²) in [6, 6.07) is 6.16. The lowest BCUT2D eigenvalue weighted by Crippen LogP contribution is -1.61. The summed E-state index contributed by atoms with van der Waals surface area (Å²) in [6.07, 6.45) is 1.88. The average Bonchev–Trinajstić information content (AvgIpc) is 2.33. The van der Waals surface area contributed by atoms with Crippen molar-refractivity contribution >= 4 is 37.5 Å². The summed E-state index contributed by atoms with van der Waals surface area (Å²) < 4.78 is 6.41. The van der Waals surface area contributed by atoms with Gasteiger partial charge in [-0.1, -0.05) is 22.0 Å². The van der Waals surface area contributed by atoms with Gasteiger partial charge in [0.2, 0.25) is 0 Å². The van der Waals surface area contributed by atoms with Gasteiger partial charge in [0.1, 0.15) is 0 Å². The van der Waals surface area contributed by atoms with E-state index in [0.717, 1.165) is 4.47 Å². The van der Waals surface area contributed by atoms with E-state index in [1.807, 2.05) is 12.3 Å². The first-order valence-corrected chi connectivity index (χ1v) is 4.43. The Labute approximate surface area is 71.0 Å². The molecule has 0 fully saturated rings. The van der Waals surface area contributed by atoms with Crippen LogP contribution >= 0.6 is 27.5 Å². The molecular weight excluding hydrogens is 210 g/mol. The van der Waals surface area contributed by atoms with E-state index >= 15 is 0 Å². The van der Waals surface area contributed by atoms with Crippen molar-refractivity contribution in [2.75, 3.05) is 0 Å². The molecular formula is C7H4BrNS. The van der Waals surface area contributed by atoms with Crippen LogP contribution in [0.3, 0.4) is 0 Å². The second kappa shape index (κ2) is 2.32. The molecule has 0 amide bonds. The van der Waals surface area contributed by atoms with Gasteiger partial charge >= 0.3 is 0 Å². The Balaban J connectivity index is 2.86. The van der Waals surface area contributed by atoms with Gasteiger partial charge in [0, 0.05) is 16.1 Å². The Kier molecular flexibility index (Phi) is 1.47. The maximum absolute atomic E-state index is 4.06. The molecule has 1 nitrogen and oxygen atoms in total. The van der Waals surface area contributed by atoms with Gasteiger partial charge in [0.15, 0.2) is 0 Å². The molecule has 0 aliphatic rings. The zero-order chi connectivity index (χ0) is 6.97. The summed E-state index contributed by atoms with van der Waals surface area (Å²) in [4.78, 5) is 0. The fourth-order valence-corrected chi connectivity index (χ4v) is 2.03. The lowest BCUT2D eigenvalue weighted by atomic mass is 10.3. The molecule has 1 heterocycles. The molecule has 1 aromatic heterocycles. The molecule has 0 aliphatic heterocycles. The van der Waals surface area contributed by atoms with Crippen molar-refractivity contribution in [1.29, 1.82) is 0 Å². The Morgan fingerprint density at radius 1 is 1.40 bits per heavy atom. The summed E-state index contributed by atoms with van der Waals surface area (Å²) in [5.41, 5.74) is 0. The van der Waals surface area contributed by atoms with Crippen molar-refractivity contribution in [3.63, 3.8) is 0 Å². The number of benzene rings is 1. The lowest BCUT2D eigenvalue weighted by molar-refractivity contribution is 1.60. The number of aromatic nitrogens is 1. The zero-order valence-corrected chi connectivity index (χ0v) is 7.45. The van der Waals surface area contributed by atoms with E-state index < -0.39 is 0 Å². The molecule has 0 unspecified atom stereocenters. The third kappa shape index (κ3) is 0.954. The molecule has 0 atom stereocenters. The normalized spacial score (nSPS) is 10.5. The van der Waals surface area contributed by atoms with Gasteiger partial charge in [-0.25, -0.2) is 0 Å². The Morgan fingerprint density at radius 2 is 2.30 bits per heavy atom. The van der Waals surface area contributed by atoms with E-state index in [4.69, 9.17) is 0 Å². The predicted octanol–water partition coefficient (Wildman–Crippen LogP) is 3.06. The maximum Gasteiger partial charge on any atom is 0.0561 e. The molecule has 0 radical (unpaired) electrons. The van der Waals surface area contributed by atoms with E-state index in [-0.39, 0.29) is 0 Å². The molecule has 3 heteroatoms. The Morgan fingerprint density at radius 3 is 3.20 bits per heavy atom. The van der Waals surface area contributed by atoms with Crippen LogP contribution in [-0.2, 0) is 0 Å². The van der Waals surface area contributed by atoms with Crippen LogP contribution < -0.4 is 0 Å². The minimum Gasteiger partial charge on any atom is -0.200 e. The standard InChI is InChI=1S/C7H4BrNS/c8-6-2-1-5-4-9-10-7(5)3-6/h1-4H. The van der Waals surface area contributed by atoms with Crippen molar-refractivity contribution in [2.45, 2.75) is 0 Å². The van der Waals surface area contributed by atoms with Gasteiger partial charge in [-0.2, -0.15) is 4.37 Å². The number of rotatable bonds is 0. The zero-order valence-electron chi connectivity index (χ0n) is 5.04. The van der Waals surface area contributed by atoms with Gasteiger partial charge < -0.3 is 0 Å². The van der Waals surface area contributed by atoms with E-state index in [1.165, 1.54) is 21.6 Å². The minimum absolute atomic E-state index is 1.12. The molecule has 0 spiro atoms. The molecule has 0 saturated heterocycles. The summed E-state index contributed by atoms with van der Waals surface area (Å²) >= 11 is 4.92. The first-order valence-electron chi connectivity index (χ1n) is 2.86. The molecule has 2 rings (SSSR count). The molecule has 0 saturated carbocycles. The van der Waals surface area contributed by atoms with Crippen molar-refractivity contribution in [1.82, 2.24) is 4.37 Å². The fourth-order valence-electron chi connectivity index (χ4n) is 0.834. The van der Waals surface area contributed by atoms with E-state index in [0.29, 0.717) is 0 Å². The van der Waals surface area contributed by atoms with Crippen molar-refractivity contribution in [3.05, 3.63) is 28.9 Å². The number of nitrogens with zero attached hydrogens (tertiary/aromatic N) is 1. The summed E-state index contributed by atoms with van der Waals surface area (Å²) in [6.45, 7) is 0. The fraction of sp³-hybridized carbons (Fsp3) is 0.